The van der Waals surface area contributed by atoms with Crippen molar-refractivity contribution in [2.24, 2.45) is 36.4 Å². The molecule has 0 atom stereocenters. The molecule has 0 saturated heterocycles. The zero-order valence-electron chi connectivity index (χ0n) is 40.2. The molecule has 0 unspecified atom stereocenters. The van der Waals surface area contributed by atoms with E-state index in [9.17, 15) is 0 Å². The third-order valence-corrected chi connectivity index (χ3v) is 11.7. The molecule has 6 aliphatic rings. The van der Waals surface area contributed by atoms with Crippen LogP contribution in [-0.4, -0.2) is 103 Å². The molecule has 1 aliphatic carbocycles. The maximum absolute atomic E-state index is 5.33. The average Bonchev–Trinajstić information content (AvgIpc) is 4.25. The van der Waals surface area contributed by atoms with Crippen molar-refractivity contribution in [3.05, 3.63) is 131 Å². The highest BCUT2D eigenvalue weighted by atomic mass is 16.7. The summed E-state index contributed by atoms with van der Waals surface area (Å²) in [5.41, 5.74) is 22.4. The number of hydrogen-bond donors (Lipinski definition) is 10. The fourth-order valence-corrected chi connectivity index (χ4v) is 8.03. The third-order valence-electron chi connectivity index (χ3n) is 11.7. The van der Waals surface area contributed by atoms with Crippen molar-refractivity contribution in [1.82, 2.24) is 21.3 Å². The Morgan fingerprint density at radius 3 is 1.43 bits per heavy atom. The number of aliphatic imine (C=N–C) groups is 5. The van der Waals surface area contributed by atoms with E-state index >= 15 is 0 Å². The molecule has 5 aromatic rings. The predicted molar refractivity (Wildman–Crippen MR) is 288 cm³/mol. The van der Waals surface area contributed by atoms with Gasteiger partial charge in [0.1, 0.15) is 0 Å². The Kier molecular flexibility index (Phi) is 17.1. The molecule has 11 rings (SSSR count). The van der Waals surface area contributed by atoms with Crippen LogP contribution in [0, 0.1) is 0 Å². The summed E-state index contributed by atoms with van der Waals surface area (Å²) < 4.78 is 10.5. The van der Waals surface area contributed by atoms with E-state index in [-0.39, 0.29) is 5.96 Å². The lowest BCUT2D eigenvalue weighted by molar-refractivity contribution is 0.174. The first kappa shape index (κ1) is 48.3. The van der Waals surface area contributed by atoms with E-state index in [2.05, 4.69) is 157 Å². The lowest BCUT2D eigenvalue weighted by Crippen LogP contribution is -2.26. The molecule has 5 heterocycles. The molecule has 0 spiro atoms. The van der Waals surface area contributed by atoms with Gasteiger partial charge >= 0.3 is 0 Å². The van der Waals surface area contributed by atoms with Crippen LogP contribution < -0.4 is 68.4 Å². The number of nitrogens with one attached hydrogen (secondary N) is 8. The highest BCUT2D eigenvalue weighted by Crippen LogP contribution is 2.34. The second-order valence-corrected chi connectivity index (χ2v) is 17.2. The van der Waals surface area contributed by atoms with Crippen LogP contribution in [0.5, 0.6) is 11.5 Å². The van der Waals surface area contributed by atoms with Crippen molar-refractivity contribution in [2.45, 2.75) is 38.5 Å². The van der Waals surface area contributed by atoms with Crippen LogP contribution in [0.4, 0.5) is 34.1 Å². The van der Waals surface area contributed by atoms with Crippen LogP contribution in [0.3, 0.4) is 0 Å². The van der Waals surface area contributed by atoms with Crippen molar-refractivity contribution in [1.29, 1.82) is 0 Å². The van der Waals surface area contributed by atoms with E-state index in [0.717, 1.165) is 135 Å². The minimum absolute atomic E-state index is 0.126. The smallest absolute Gasteiger partial charge is 0.231 e. The first-order chi connectivity index (χ1) is 34.3. The number of guanidine groups is 5. The summed E-state index contributed by atoms with van der Waals surface area (Å²) >= 11 is 0. The fraction of sp³-hybridized carbons (Fsp3) is 0.327. The SMILES string of the molecule is CN(C)c1ccc(NC2=NCCN2)cc1.NC(N)=Nc1ccc2c(c1)CCCC2.c1cc(NC2=NCCN2)ccc1CCc1ccc(NC2=NCCN2)cc1.c1cc2c(cc1NC1=NCCN1)OCO2. The van der Waals surface area contributed by atoms with Gasteiger partial charge in [-0.1, -0.05) is 30.3 Å². The molecule has 0 aromatic heterocycles. The molecular weight excluding hydrogens is 881 g/mol. The minimum Gasteiger partial charge on any atom is -0.454 e. The second-order valence-electron chi connectivity index (χ2n) is 17.2. The van der Waals surface area contributed by atoms with Gasteiger partial charge in [-0.2, -0.15) is 0 Å². The number of rotatable bonds is 9. The van der Waals surface area contributed by atoms with Crippen LogP contribution in [0.15, 0.2) is 134 Å². The van der Waals surface area contributed by atoms with Crippen LogP contribution in [0.2, 0.25) is 0 Å². The summed E-state index contributed by atoms with van der Waals surface area (Å²) in [6.45, 7) is 7.34. The molecule has 366 valence electrons. The Labute approximate surface area is 410 Å². The summed E-state index contributed by atoms with van der Waals surface area (Å²) in [6.07, 6.45) is 6.98. The summed E-state index contributed by atoms with van der Waals surface area (Å²) in [5, 5.41) is 25.7. The van der Waals surface area contributed by atoms with Crippen LogP contribution >= 0.6 is 0 Å². The van der Waals surface area contributed by atoms with Gasteiger partial charge < -0.3 is 68.4 Å². The Morgan fingerprint density at radius 1 is 0.529 bits per heavy atom. The van der Waals surface area contributed by atoms with Crippen molar-refractivity contribution in [3.63, 3.8) is 0 Å². The highest BCUT2D eigenvalue weighted by molar-refractivity contribution is 5.96. The third kappa shape index (κ3) is 14.9. The van der Waals surface area contributed by atoms with Crippen LogP contribution in [-0.2, 0) is 25.7 Å². The highest BCUT2D eigenvalue weighted by Gasteiger charge is 2.15. The summed E-state index contributed by atoms with van der Waals surface area (Å²) in [4.78, 5) is 23.3. The molecule has 0 saturated carbocycles. The van der Waals surface area contributed by atoms with Gasteiger partial charge in [-0.3, -0.25) is 20.0 Å². The Morgan fingerprint density at radius 2 is 0.971 bits per heavy atom. The Balaban J connectivity index is 0.000000131. The number of ether oxygens (including phenoxy) is 2. The van der Waals surface area contributed by atoms with E-state index in [1.807, 2.05) is 38.4 Å². The molecule has 0 amide bonds. The normalized spacial score (nSPS) is 15.5. The quantitative estimate of drug-likeness (QED) is 0.0642. The molecule has 0 bridgehead atoms. The van der Waals surface area contributed by atoms with E-state index in [1.165, 1.54) is 47.2 Å². The zero-order chi connectivity index (χ0) is 48.3. The predicted octanol–water partition coefficient (Wildman–Crippen LogP) is 5.59. The van der Waals surface area contributed by atoms with Crippen LogP contribution in [0.25, 0.3) is 0 Å². The van der Waals surface area contributed by atoms with Gasteiger partial charge in [-0.25, -0.2) is 4.99 Å². The number of benzene rings is 5. The van der Waals surface area contributed by atoms with E-state index < -0.39 is 0 Å². The number of fused-ring (bicyclic) bond motifs is 2. The molecule has 0 fully saturated rings. The summed E-state index contributed by atoms with van der Waals surface area (Å²) in [7, 11) is 4.07. The Bertz CT molecular complexity index is 2570. The monoisotopic (exact) mass is 947 g/mol. The molecule has 18 heteroatoms. The van der Waals surface area contributed by atoms with Gasteiger partial charge in [0.05, 0.1) is 31.9 Å². The van der Waals surface area contributed by atoms with Gasteiger partial charge in [0.2, 0.25) is 6.79 Å². The lowest BCUT2D eigenvalue weighted by Gasteiger charge is -2.15. The lowest BCUT2D eigenvalue weighted by atomic mass is 9.91. The average molecular weight is 947 g/mol. The molecule has 5 aliphatic heterocycles. The molecule has 12 N–H and O–H groups in total. The van der Waals surface area contributed by atoms with Crippen LogP contribution in [0.1, 0.15) is 35.1 Å². The number of hydrogen-bond acceptors (Lipinski definition) is 16. The molecular formula is C52H66N16O2. The second kappa shape index (κ2) is 24.7. The standard InChI is InChI=1S/C20H24N6.C11H16N4.C11H15N3.C10H11N3O2/c1(15-3-7-17(8-4-15)25-19-21-11-12-22-19)2-16-5-9-18(10-6-16)26-20-23-13-14-24-20;1-15(2)10-5-3-9(4-6-10)14-11-12-7-8-13-11;12-11(13)14-10-6-5-8-3-1-2-4-9(8)7-10;1-2-8-9(15-6-14-8)5-7(1)13-10-11-3-4-12-10/h3-10H,1-2,11-14H2,(H2,21,22,25)(H2,23,24,26);3-6H,7-8H2,1-2H3,(H2,12,13,14);5-7H,1-4H2,(H4,12,13,14);1-2,5H,3-4,6H2,(H2,11,12,13). The molecule has 70 heavy (non-hydrogen) atoms. The topological polar surface area (TPSA) is 232 Å². The maximum Gasteiger partial charge on any atom is 0.231 e. The first-order valence-electron chi connectivity index (χ1n) is 24.1. The first-order valence-corrected chi connectivity index (χ1v) is 24.1. The number of nitrogens with zero attached hydrogens (tertiary/aromatic N) is 6. The Hall–Kier alpha value is -8.15. The number of anilines is 5. The molecule has 5 aromatic carbocycles. The van der Waals surface area contributed by atoms with E-state index in [1.54, 1.807) is 0 Å². The number of nitrogens with two attached hydrogens (primary N) is 2. The van der Waals surface area contributed by atoms with E-state index in [0.29, 0.717) is 6.79 Å². The summed E-state index contributed by atoms with van der Waals surface area (Å²) in [5.74, 6) is 5.11. The molecule has 0 radical (unpaired) electrons. The van der Waals surface area contributed by atoms with Crippen molar-refractivity contribution in [3.8, 4) is 11.5 Å². The molecule has 18 nitrogen and oxygen atoms in total. The fourth-order valence-electron chi connectivity index (χ4n) is 8.03. The van der Waals surface area contributed by atoms with Gasteiger partial charge in [0.25, 0.3) is 0 Å². The van der Waals surface area contributed by atoms with Gasteiger partial charge in [-0.05, 0) is 134 Å². The zero-order valence-corrected chi connectivity index (χ0v) is 40.2. The van der Waals surface area contributed by atoms with Crippen molar-refractivity contribution < 1.29 is 9.47 Å². The number of aryl methyl sites for hydroxylation is 4. The van der Waals surface area contributed by atoms with Gasteiger partial charge in [0.15, 0.2) is 41.3 Å². The van der Waals surface area contributed by atoms with E-state index in [4.69, 9.17) is 20.9 Å². The maximum atomic E-state index is 5.33. The van der Waals surface area contributed by atoms with Gasteiger partial charge in [0, 0.05) is 74.8 Å². The van der Waals surface area contributed by atoms with Crippen molar-refractivity contribution >= 4 is 63.9 Å². The minimum atomic E-state index is 0.126. The largest absolute Gasteiger partial charge is 0.454 e. The summed E-state index contributed by atoms with van der Waals surface area (Å²) in [6, 6.07) is 37.4. The van der Waals surface area contributed by atoms with Crippen molar-refractivity contribution in [2.75, 3.05) is 99.4 Å². The van der Waals surface area contributed by atoms with Gasteiger partial charge in [-0.15, -0.1) is 0 Å².